The van der Waals surface area contributed by atoms with E-state index in [1.54, 1.807) is 24.3 Å². The summed E-state index contributed by atoms with van der Waals surface area (Å²) in [5, 5.41) is 23.3. The molecule has 2 bridgehead atoms. The number of ketones is 1. The molecule has 0 unspecified atom stereocenters. The number of nitrogens with one attached hydrogen (secondary N) is 4. The monoisotopic (exact) mass is 881 g/mol. The van der Waals surface area contributed by atoms with Crippen LogP contribution in [0.2, 0.25) is 0 Å². The SMILES string of the molecule is O=C1CCC(=O)N[C@H](Cc2cccs2)C(=O)N[C@@H](Cc2ccc(-c3ccccc3)cc2)C(=O)N[C@H](Cc2ccccc2)C(=O)C[C@H](C(=O)N2CCC[C@H]2C(=O)O)Cc2ccc(cc2)N1. The Morgan fingerprint density at radius 2 is 1.23 bits per heavy atom. The van der Waals surface area contributed by atoms with Crippen LogP contribution in [0.5, 0.6) is 0 Å². The van der Waals surface area contributed by atoms with E-state index in [0.717, 1.165) is 27.1 Å². The fraction of sp³-hybridized carbons (Fsp3) is 0.300. The van der Waals surface area contributed by atoms with Crippen LogP contribution in [0.3, 0.4) is 0 Å². The van der Waals surface area contributed by atoms with Gasteiger partial charge >= 0.3 is 5.97 Å². The number of aliphatic carboxylic acids is 1. The first kappa shape index (κ1) is 45.1. The Morgan fingerprint density at radius 1 is 0.625 bits per heavy atom. The Balaban J connectivity index is 1.24. The summed E-state index contributed by atoms with van der Waals surface area (Å²) in [6.45, 7) is 0.230. The molecule has 0 radical (unpaired) electrons. The molecule has 0 saturated carbocycles. The first-order valence-corrected chi connectivity index (χ1v) is 22.4. The second-order valence-electron chi connectivity index (χ2n) is 16.3. The van der Waals surface area contributed by atoms with Gasteiger partial charge in [0.15, 0.2) is 5.78 Å². The molecule has 1 aromatic heterocycles. The standard InChI is InChI=1S/C50H51N5O8S/c56-44-30-37(49(61)55-25-7-14-43(55)50(62)63)27-33-17-21-38(22-18-33)51-45(57)23-24-46(58)52-42(31-39-13-8-26-64-39)48(60)54-41(47(59)53-40(44)28-32-9-3-1-4-10-32)29-34-15-19-36(20-16-34)35-11-5-2-6-12-35/h1-6,8-13,15-22,26,37,40-43H,7,14,23-25,27-31H2,(H,51,57)(H,52,58)(H,53,59)(H,54,60)(H,62,63)/t37-,40-,41+,42-,43+/m1/s1. The summed E-state index contributed by atoms with van der Waals surface area (Å²) in [6.07, 6.45) is 0.402. The first-order valence-electron chi connectivity index (χ1n) is 21.5. The number of likely N-dealkylation sites (tertiary alicyclic amines) is 1. The molecule has 13 nitrogen and oxygen atoms in total. The second-order valence-corrected chi connectivity index (χ2v) is 17.4. The predicted molar refractivity (Wildman–Crippen MR) is 243 cm³/mol. The molecule has 1 saturated heterocycles. The van der Waals surface area contributed by atoms with Crippen molar-refractivity contribution in [2.24, 2.45) is 5.92 Å². The Bertz CT molecular complexity index is 2430. The van der Waals surface area contributed by atoms with Crippen LogP contribution < -0.4 is 21.3 Å². The average molecular weight is 882 g/mol. The van der Waals surface area contributed by atoms with E-state index in [0.29, 0.717) is 24.1 Å². The number of fused-ring (bicyclic) bond motifs is 18. The van der Waals surface area contributed by atoms with E-state index in [4.69, 9.17) is 0 Å². The van der Waals surface area contributed by atoms with Crippen molar-refractivity contribution in [1.29, 1.82) is 0 Å². The van der Waals surface area contributed by atoms with Crippen molar-refractivity contribution in [2.45, 2.75) is 82.0 Å². The van der Waals surface area contributed by atoms with Crippen LogP contribution in [0.25, 0.3) is 11.1 Å². The smallest absolute Gasteiger partial charge is 0.326 e. The molecule has 1 fully saturated rings. The Morgan fingerprint density at radius 3 is 1.91 bits per heavy atom. The highest BCUT2D eigenvalue weighted by molar-refractivity contribution is 7.09. The average Bonchev–Trinajstić information content (AvgIpc) is 4.02. The van der Waals surface area contributed by atoms with Gasteiger partial charge in [-0.15, -0.1) is 11.3 Å². The second kappa shape index (κ2) is 21.4. The van der Waals surface area contributed by atoms with Crippen molar-refractivity contribution < 1.29 is 38.7 Å². The van der Waals surface area contributed by atoms with Crippen molar-refractivity contribution in [1.82, 2.24) is 20.9 Å². The van der Waals surface area contributed by atoms with E-state index >= 15 is 0 Å². The number of anilines is 1. The van der Waals surface area contributed by atoms with Crippen LogP contribution in [-0.2, 0) is 59.2 Å². The zero-order valence-electron chi connectivity index (χ0n) is 35.2. The zero-order valence-corrected chi connectivity index (χ0v) is 36.1. The van der Waals surface area contributed by atoms with Gasteiger partial charge in [0.2, 0.25) is 29.5 Å². The maximum Gasteiger partial charge on any atom is 0.326 e. The molecule has 5 aromatic rings. The molecule has 8 rings (SSSR count). The van der Waals surface area contributed by atoms with E-state index in [1.807, 2.05) is 102 Å². The molecule has 3 aliphatic rings. The number of hydrogen-bond acceptors (Lipinski definition) is 8. The first-order chi connectivity index (χ1) is 31.0. The number of rotatable bonds is 9. The Kier molecular flexibility index (Phi) is 15.1. The van der Waals surface area contributed by atoms with E-state index in [2.05, 4.69) is 21.3 Å². The number of carboxylic acid groups (broad SMARTS) is 1. The molecule has 4 heterocycles. The van der Waals surface area contributed by atoms with E-state index in [1.165, 1.54) is 16.2 Å². The van der Waals surface area contributed by atoms with Gasteiger partial charge in [0, 0.05) is 55.1 Å². The molecule has 5 N–H and O–H groups in total. The number of Topliss-reactive ketones (excluding diaryl/α,β-unsaturated/α-hetero) is 1. The highest BCUT2D eigenvalue weighted by Crippen LogP contribution is 2.26. The highest BCUT2D eigenvalue weighted by Gasteiger charge is 2.39. The highest BCUT2D eigenvalue weighted by atomic mass is 32.1. The number of amides is 5. The van der Waals surface area contributed by atoms with Crippen molar-refractivity contribution in [3.05, 3.63) is 148 Å². The van der Waals surface area contributed by atoms with E-state index < -0.39 is 71.4 Å². The quantitative estimate of drug-likeness (QED) is 0.120. The van der Waals surface area contributed by atoms with E-state index in [9.17, 15) is 38.7 Å². The zero-order chi connectivity index (χ0) is 45.0. The normalized spacial score (nSPS) is 21.5. The van der Waals surface area contributed by atoms with Gasteiger partial charge in [-0.2, -0.15) is 0 Å². The van der Waals surface area contributed by atoms with Gasteiger partial charge in [-0.1, -0.05) is 103 Å². The summed E-state index contributed by atoms with van der Waals surface area (Å²) < 4.78 is 0. The minimum absolute atomic E-state index is 0.0290. The molecular formula is C50H51N5O8S. The third kappa shape index (κ3) is 12.2. The predicted octanol–water partition coefficient (Wildman–Crippen LogP) is 5.52. The largest absolute Gasteiger partial charge is 0.480 e. The molecule has 5 amide bonds. The van der Waals surface area contributed by atoms with Gasteiger partial charge < -0.3 is 31.3 Å². The minimum atomic E-state index is -1.22. The fourth-order valence-corrected chi connectivity index (χ4v) is 9.02. The number of benzene rings is 4. The van der Waals surface area contributed by atoms with Gasteiger partial charge in [-0.25, -0.2) is 4.79 Å². The van der Waals surface area contributed by atoms with Gasteiger partial charge in [-0.3, -0.25) is 28.8 Å². The number of nitrogens with zero attached hydrogens (tertiary/aromatic N) is 1. The van der Waals surface area contributed by atoms with Crippen LogP contribution in [-0.4, -0.2) is 82.0 Å². The molecule has 0 aliphatic carbocycles. The summed E-state index contributed by atoms with van der Waals surface area (Å²) in [7, 11) is 0. The molecule has 64 heavy (non-hydrogen) atoms. The van der Waals surface area contributed by atoms with Gasteiger partial charge in [0.1, 0.15) is 18.1 Å². The molecule has 3 aliphatic heterocycles. The molecule has 330 valence electrons. The fourth-order valence-electron chi connectivity index (χ4n) is 8.27. The number of carbonyl (C=O) groups excluding carboxylic acids is 6. The van der Waals surface area contributed by atoms with Crippen LogP contribution in [0.15, 0.2) is 127 Å². The molecule has 14 heteroatoms. The van der Waals surface area contributed by atoms with Crippen LogP contribution in [0.1, 0.15) is 53.7 Å². The maximum absolute atomic E-state index is 14.7. The number of thiophene rings is 1. The molecular weight excluding hydrogens is 831 g/mol. The van der Waals surface area contributed by atoms with E-state index in [-0.39, 0.29) is 51.5 Å². The van der Waals surface area contributed by atoms with Crippen LogP contribution in [0, 0.1) is 5.92 Å². The van der Waals surface area contributed by atoms with Crippen molar-refractivity contribution in [2.75, 3.05) is 11.9 Å². The summed E-state index contributed by atoms with van der Waals surface area (Å²) in [6, 6.07) is 32.4. The number of hydrogen-bond donors (Lipinski definition) is 5. The summed E-state index contributed by atoms with van der Waals surface area (Å²) >= 11 is 1.41. The lowest BCUT2D eigenvalue weighted by atomic mass is 9.88. The minimum Gasteiger partial charge on any atom is -0.480 e. The van der Waals surface area contributed by atoms with Crippen molar-refractivity contribution in [3.8, 4) is 11.1 Å². The van der Waals surface area contributed by atoms with Gasteiger partial charge in [-0.05, 0) is 77.1 Å². The van der Waals surface area contributed by atoms with Crippen LogP contribution >= 0.6 is 11.3 Å². The molecule has 5 atom stereocenters. The maximum atomic E-state index is 14.7. The Labute approximate surface area is 375 Å². The third-order valence-electron chi connectivity index (χ3n) is 11.7. The van der Waals surface area contributed by atoms with Crippen molar-refractivity contribution in [3.63, 3.8) is 0 Å². The van der Waals surface area contributed by atoms with Gasteiger partial charge in [0.25, 0.3) is 0 Å². The number of carbonyl (C=O) groups is 7. The lowest BCUT2D eigenvalue weighted by Crippen LogP contribution is -2.57. The lowest BCUT2D eigenvalue weighted by Gasteiger charge is -2.29. The number of carboxylic acids is 1. The summed E-state index contributed by atoms with van der Waals surface area (Å²) in [5.74, 6) is -5.26. The molecule has 4 aromatic carbocycles. The van der Waals surface area contributed by atoms with Crippen LogP contribution in [0.4, 0.5) is 5.69 Å². The molecule has 0 spiro atoms. The summed E-state index contributed by atoms with van der Waals surface area (Å²) in [5.41, 5.74) is 4.54. The van der Waals surface area contributed by atoms with Gasteiger partial charge in [0.05, 0.1) is 6.04 Å². The topological polar surface area (TPSA) is 191 Å². The Hall–Kier alpha value is -6.93. The lowest BCUT2D eigenvalue weighted by molar-refractivity contribution is -0.150. The third-order valence-corrected chi connectivity index (χ3v) is 12.6. The van der Waals surface area contributed by atoms with Crippen molar-refractivity contribution >= 4 is 58.3 Å². The summed E-state index contributed by atoms with van der Waals surface area (Å²) in [4.78, 5) is 98.8.